The maximum atomic E-state index is 11.0. The van der Waals surface area contributed by atoms with Crippen LogP contribution < -0.4 is 4.74 Å². The third kappa shape index (κ3) is 2.35. The van der Waals surface area contributed by atoms with Crippen molar-refractivity contribution in [3.05, 3.63) is 49.2 Å². The second-order valence-electron chi connectivity index (χ2n) is 2.98. The quantitative estimate of drug-likeness (QED) is 0.602. The van der Waals surface area contributed by atoms with E-state index in [1.54, 1.807) is 0 Å². The molecule has 0 aliphatic carbocycles. The van der Waals surface area contributed by atoms with E-state index >= 15 is 0 Å². The first kappa shape index (κ1) is 10.6. The third-order valence-corrected chi connectivity index (χ3v) is 2.80. The number of nitrogens with zero attached hydrogens (tertiary/aromatic N) is 1. The molecule has 0 bridgehead atoms. The number of hydrogen-bond donors (Lipinski definition) is 0. The molecule has 0 fully saturated rings. The lowest BCUT2D eigenvalue weighted by Crippen LogP contribution is -2.01. The fraction of sp³-hybridized carbons (Fsp3) is 0. The third-order valence-electron chi connectivity index (χ3n) is 1.87. The van der Waals surface area contributed by atoms with Crippen molar-refractivity contribution in [1.82, 2.24) is 4.98 Å². The van der Waals surface area contributed by atoms with Crippen LogP contribution in [0.25, 0.3) is 10.6 Å². The number of carbonyl (C=O) groups is 1. The number of esters is 1. The van der Waals surface area contributed by atoms with Gasteiger partial charge in [-0.05, 0) is 0 Å². The van der Waals surface area contributed by atoms with E-state index in [2.05, 4.69) is 11.6 Å². The maximum Gasteiger partial charge on any atom is 0.336 e. The van der Waals surface area contributed by atoms with Gasteiger partial charge in [-0.25, -0.2) is 9.78 Å². The van der Waals surface area contributed by atoms with E-state index in [4.69, 9.17) is 4.74 Å². The van der Waals surface area contributed by atoms with Crippen LogP contribution in [-0.2, 0) is 4.79 Å². The Morgan fingerprint density at radius 2 is 2.12 bits per heavy atom. The monoisotopic (exact) mass is 231 g/mol. The van der Waals surface area contributed by atoms with E-state index in [1.165, 1.54) is 17.5 Å². The van der Waals surface area contributed by atoms with Crippen molar-refractivity contribution >= 4 is 17.3 Å². The fourth-order valence-electron chi connectivity index (χ4n) is 1.16. The Bertz CT molecular complexity index is 505. The molecule has 0 saturated carbocycles. The molecule has 3 nitrogen and oxygen atoms in total. The summed E-state index contributed by atoms with van der Waals surface area (Å²) in [5, 5.41) is 1.30. The minimum atomic E-state index is -0.469. The Hall–Kier alpha value is -1.94. The van der Waals surface area contributed by atoms with Crippen LogP contribution in [0.15, 0.2) is 49.2 Å². The molecular weight excluding hydrogens is 222 g/mol. The number of thiazole rings is 1. The van der Waals surface area contributed by atoms with E-state index < -0.39 is 5.97 Å². The van der Waals surface area contributed by atoms with E-state index in [-0.39, 0.29) is 0 Å². The second kappa shape index (κ2) is 4.72. The molecule has 1 aromatic heterocycles. The van der Waals surface area contributed by atoms with Crippen molar-refractivity contribution in [2.75, 3.05) is 0 Å². The van der Waals surface area contributed by atoms with E-state index in [0.717, 1.165) is 16.6 Å². The first-order valence-corrected chi connectivity index (χ1v) is 5.47. The van der Waals surface area contributed by atoms with Gasteiger partial charge in [0.05, 0.1) is 6.20 Å². The van der Waals surface area contributed by atoms with Gasteiger partial charge in [-0.1, -0.05) is 48.2 Å². The SMILES string of the molecule is C=CC(=O)Oc1cnc(-c2ccccc2)s1. The van der Waals surface area contributed by atoms with Crippen molar-refractivity contribution in [3.8, 4) is 15.6 Å². The molecule has 0 aliphatic heterocycles. The van der Waals surface area contributed by atoms with Gasteiger partial charge < -0.3 is 4.74 Å². The van der Waals surface area contributed by atoms with Crippen molar-refractivity contribution in [1.29, 1.82) is 0 Å². The molecule has 2 aromatic rings. The fourth-order valence-corrected chi connectivity index (χ4v) is 1.94. The number of carbonyl (C=O) groups excluding carboxylic acids is 1. The summed E-state index contributed by atoms with van der Waals surface area (Å²) in [5.74, 6) is -0.469. The molecule has 4 heteroatoms. The van der Waals surface area contributed by atoms with Crippen LogP contribution in [0.2, 0.25) is 0 Å². The number of ether oxygens (including phenoxy) is 1. The van der Waals surface area contributed by atoms with Gasteiger partial charge in [-0.3, -0.25) is 0 Å². The molecule has 16 heavy (non-hydrogen) atoms. The summed E-state index contributed by atoms with van der Waals surface area (Å²) in [7, 11) is 0. The highest BCUT2D eigenvalue weighted by Crippen LogP contribution is 2.29. The number of aromatic nitrogens is 1. The Morgan fingerprint density at radius 1 is 1.38 bits per heavy atom. The van der Waals surface area contributed by atoms with Gasteiger partial charge >= 0.3 is 5.97 Å². The number of rotatable bonds is 3. The zero-order valence-electron chi connectivity index (χ0n) is 8.42. The number of hydrogen-bond acceptors (Lipinski definition) is 4. The van der Waals surface area contributed by atoms with Gasteiger partial charge in [0.2, 0.25) is 5.06 Å². The molecule has 0 N–H and O–H groups in total. The van der Waals surface area contributed by atoms with Crippen molar-refractivity contribution in [2.45, 2.75) is 0 Å². The van der Waals surface area contributed by atoms with Crippen molar-refractivity contribution < 1.29 is 9.53 Å². The van der Waals surface area contributed by atoms with Gasteiger partial charge in [-0.15, -0.1) is 0 Å². The predicted molar refractivity (Wildman–Crippen MR) is 63.4 cm³/mol. The van der Waals surface area contributed by atoms with E-state index in [9.17, 15) is 4.79 Å². The molecule has 1 heterocycles. The summed E-state index contributed by atoms with van der Waals surface area (Å²) in [4.78, 5) is 15.1. The van der Waals surface area contributed by atoms with Gasteiger partial charge in [0.15, 0.2) is 0 Å². The average molecular weight is 231 g/mol. The first-order valence-electron chi connectivity index (χ1n) is 4.65. The topological polar surface area (TPSA) is 39.2 Å². The highest BCUT2D eigenvalue weighted by Gasteiger charge is 2.07. The predicted octanol–water partition coefficient (Wildman–Crippen LogP) is 2.90. The summed E-state index contributed by atoms with van der Waals surface area (Å²) in [6.07, 6.45) is 2.66. The molecule has 0 spiro atoms. The Kier molecular flexibility index (Phi) is 3.12. The van der Waals surface area contributed by atoms with Crippen LogP contribution in [0.5, 0.6) is 5.06 Å². The molecule has 0 saturated heterocycles. The summed E-state index contributed by atoms with van der Waals surface area (Å²) < 4.78 is 4.96. The largest absolute Gasteiger partial charge is 0.410 e. The highest BCUT2D eigenvalue weighted by atomic mass is 32.1. The minimum absolute atomic E-state index is 0.469. The average Bonchev–Trinajstić information content (AvgIpc) is 2.78. The lowest BCUT2D eigenvalue weighted by atomic mass is 10.2. The summed E-state index contributed by atoms with van der Waals surface area (Å²) in [5.41, 5.74) is 1.01. The normalized spacial score (nSPS) is 9.75. The zero-order chi connectivity index (χ0) is 11.4. The number of benzene rings is 1. The smallest absolute Gasteiger partial charge is 0.336 e. The Labute approximate surface area is 97.0 Å². The lowest BCUT2D eigenvalue weighted by molar-refractivity contribution is -0.128. The molecule has 1 aromatic carbocycles. The first-order chi connectivity index (χ1) is 7.79. The molecule has 0 atom stereocenters. The lowest BCUT2D eigenvalue weighted by Gasteiger charge is -1.94. The van der Waals surface area contributed by atoms with Crippen LogP contribution in [0.1, 0.15) is 0 Å². The van der Waals surface area contributed by atoms with Crippen molar-refractivity contribution in [2.24, 2.45) is 0 Å². The Morgan fingerprint density at radius 3 is 2.81 bits per heavy atom. The van der Waals surface area contributed by atoms with E-state index in [1.807, 2.05) is 30.3 Å². The minimum Gasteiger partial charge on any atom is -0.410 e. The zero-order valence-corrected chi connectivity index (χ0v) is 9.24. The van der Waals surface area contributed by atoms with Crippen LogP contribution in [0.3, 0.4) is 0 Å². The summed E-state index contributed by atoms with van der Waals surface area (Å²) in [6, 6.07) is 9.73. The van der Waals surface area contributed by atoms with Crippen molar-refractivity contribution in [3.63, 3.8) is 0 Å². The van der Waals surface area contributed by atoms with Gasteiger partial charge in [0, 0.05) is 11.6 Å². The second-order valence-corrected chi connectivity index (χ2v) is 3.97. The summed E-state index contributed by atoms with van der Waals surface area (Å²) in [6.45, 7) is 3.33. The van der Waals surface area contributed by atoms with Gasteiger partial charge in [-0.2, -0.15) is 0 Å². The molecule has 80 valence electrons. The van der Waals surface area contributed by atoms with Crippen LogP contribution >= 0.6 is 11.3 Å². The standard InChI is InChI=1S/C12H9NO2S/c1-2-10(14)15-11-8-13-12(16-11)9-6-4-3-5-7-9/h2-8H,1H2. The molecular formula is C12H9NO2S. The molecule has 0 unspecified atom stereocenters. The molecule has 0 amide bonds. The van der Waals surface area contributed by atoms with Gasteiger partial charge in [0.1, 0.15) is 5.01 Å². The van der Waals surface area contributed by atoms with Gasteiger partial charge in [0.25, 0.3) is 0 Å². The maximum absolute atomic E-state index is 11.0. The molecule has 0 aliphatic rings. The van der Waals surface area contributed by atoms with E-state index in [0.29, 0.717) is 5.06 Å². The van der Waals surface area contributed by atoms with Crippen LogP contribution in [0.4, 0.5) is 0 Å². The molecule has 0 radical (unpaired) electrons. The van der Waals surface area contributed by atoms with Crippen LogP contribution in [0, 0.1) is 0 Å². The van der Waals surface area contributed by atoms with Crippen LogP contribution in [-0.4, -0.2) is 11.0 Å². The highest BCUT2D eigenvalue weighted by molar-refractivity contribution is 7.16. The Balaban J connectivity index is 2.20. The molecule has 2 rings (SSSR count). The summed E-state index contributed by atoms with van der Waals surface area (Å²) >= 11 is 1.33.